The van der Waals surface area contributed by atoms with E-state index >= 15 is 0 Å². The topological polar surface area (TPSA) is 18.5 Å². The van der Waals surface area contributed by atoms with Gasteiger partial charge in [0.2, 0.25) is 0 Å². The summed E-state index contributed by atoms with van der Waals surface area (Å²) in [6, 6.07) is 7.84. The smallest absolute Gasteiger partial charge is 0.189 e. The summed E-state index contributed by atoms with van der Waals surface area (Å²) in [4.78, 5) is 0. The molecule has 0 atom stereocenters. The average molecular weight is 220 g/mol. The SMILES string of the molecule is C=C(C)c1ccc(OCOC(C)(C)C)cc1. The molecule has 0 unspecified atom stereocenters. The monoisotopic (exact) mass is 220 g/mol. The van der Waals surface area contributed by atoms with E-state index in [1.54, 1.807) is 0 Å². The van der Waals surface area contributed by atoms with Gasteiger partial charge in [0.1, 0.15) is 5.75 Å². The van der Waals surface area contributed by atoms with Crippen molar-refractivity contribution in [3.8, 4) is 5.75 Å². The molecule has 16 heavy (non-hydrogen) atoms. The Morgan fingerprint density at radius 2 is 1.75 bits per heavy atom. The van der Waals surface area contributed by atoms with Crippen LogP contribution in [0, 0.1) is 0 Å². The lowest BCUT2D eigenvalue weighted by atomic mass is 10.1. The maximum absolute atomic E-state index is 5.47. The van der Waals surface area contributed by atoms with Crippen molar-refractivity contribution in [2.24, 2.45) is 0 Å². The third kappa shape index (κ3) is 4.49. The van der Waals surface area contributed by atoms with Gasteiger partial charge in [-0.2, -0.15) is 0 Å². The third-order valence-corrected chi connectivity index (χ3v) is 2.06. The number of allylic oxidation sites excluding steroid dienone is 1. The molecule has 0 saturated carbocycles. The minimum absolute atomic E-state index is 0.169. The number of ether oxygens (including phenoxy) is 2. The van der Waals surface area contributed by atoms with Crippen LogP contribution in [-0.2, 0) is 4.74 Å². The van der Waals surface area contributed by atoms with Crippen LogP contribution in [0.15, 0.2) is 30.8 Å². The Labute approximate surface area is 97.9 Å². The van der Waals surface area contributed by atoms with Gasteiger partial charge in [-0.05, 0) is 45.4 Å². The second kappa shape index (κ2) is 5.17. The van der Waals surface area contributed by atoms with Crippen LogP contribution in [0.5, 0.6) is 5.75 Å². The van der Waals surface area contributed by atoms with E-state index in [4.69, 9.17) is 9.47 Å². The lowest BCUT2D eigenvalue weighted by molar-refractivity contribution is -0.0758. The molecule has 0 radical (unpaired) electrons. The van der Waals surface area contributed by atoms with E-state index in [0.29, 0.717) is 0 Å². The zero-order valence-electron chi connectivity index (χ0n) is 10.5. The summed E-state index contributed by atoms with van der Waals surface area (Å²) in [5.41, 5.74) is 2.01. The molecule has 1 rings (SSSR count). The fraction of sp³-hybridized carbons (Fsp3) is 0.429. The Kier molecular flexibility index (Phi) is 4.13. The molecule has 1 aromatic carbocycles. The first-order chi connectivity index (χ1) is 7.38. The van der Waals surface area contributed by atoms with Crippen molar-refractivity contribution >= 4 is 5.57 Å². The molecular weight excluding hydrogens is 200 g/mol. The van der Waals surface area contributed by atoms with Gasteiger partial charge in [-0.25, -0.2) is 0 Å². The molecule has 0 N–H and O–H groups in total. The number of rotatable bonds is 4. The first-order valence-corrected chi connectivity index (χ1v) is 5.41. The molecule has 0 spiro atoms. The van der Waals surface area contributed by atoms with Crippen LogP contribution in [-0.4, -0.2) is 12.4 Å². The number of hydrogen-bond acceptors (Lipinski definition) is 2. The highest BCUT2D eigenvalue weighted by Crippen LogP contribution is 2.17. The molecule has 2 nitrogen and oxygen atoms in total. The molecule has 2 heteroatoms. The van der Waals surface area contributed by atoms with Gasteiger partial charge >= 0.3 is 0 Å². The van der Waals surface area contributed by atoms with Gasteiger partial charge in [0, 0.05) is 0 Å². The van der Waals surface area contributed by atoms with Crippen LogP contribution < -0.4 is 4.74 Å². The van der Waals surface area contributed by atoms with E-state index in [2.05, 4.69) is 6.58 Å². The fourth-order valence-electron chi connectivity index (χ4n) is 1.11. The van der Waals surface area contributed by atoms with E-state index < -0.39 is 0 Å². The predicted molar refractivity (Wildman–Crippen MR) is 67.5 cm³/mol. The van der Waals surface area contributed by atoms with Crippen LogP contribution in [0.25, 0.3) is 5.57 Å². The predicted octanol–water partition coefficient (Wildman–Crippen LogP) is 3.87. The van der Waals surface area contributed by atoms with E-state index in [9.17, 15) is 0 Å². The molecule has 0 aliphatic rings. The Hall–Kier alpha value is -1.28. The highest BCUT2D eigenvalue weighted by molar-refractivity contribution is 5.61. The standard InChI is InChI=1S/C14H20O2/c1-11(2)12-6-8-13(9-7-12)15-10-16-14(3,4)5/h6-9H,1,10H2,2-5H3. The quantitative estimate of drug-likeness (QED) is 0.717. The lowest BCUT2D eigenvalue weighted by Gasteiger charge is -2.19. The Morgan fingerprint density at radius 1 is 1.19 bits per heavy atom. The fourth-order valence-corrected chi connectivity index (χ4v) is 1.11. The summed E-state index contributed by atoms with van der Waals surface area (Å²) in [6.07, 6.45) is 0. The molecular formula is C14H20O2. The zero-order valence-corrected chi connectivity index (χ0v) is 10.5. The first-order valence-electron chi connectivity index (χ1n) is 5.41. The number of hydrogen-bond donors (Lipinski definition) is 0. The van der Waals surface area contributed by atoms with Crippen molar-refractivity contribution in [2.45, 2.75) is 33.3 Å². The molecule has 0 heterocycles. The second-order valence-electron chi connectivity index (χ2n) is 4.82. The average Bonchev–Trinajstić information content (AvgIpc) is 2.16. The van der Waals surface area contributed by atoms with E-state index in [1.165, 1.54) is 0 Å². The van der Waals surface area contributed by atoms with Crippen molar-refractivity contribution in [1.29, 1.82) is 0 Å². The molecule has 0 saturated heterocycles. The van der Waals surface area contributed by atoms with E-state index in [1.807, 2.05) is 52.0 Å². The van der Waals surface area contributed by atoms with Crippen molar-refractivity contribution in [2.75, 3.05) is 6.79 Å². The summed E-state index contributed by atoms with van der Waals surface area (Å²) in [5.74, 6) is 0.814. The van der Waals surface area contributed by atoms with E-state index in [-0.39, 0.29) is 12.4 Å². The molecule has 88 valence electrons. The van der Waals surface area contributed by atoms with Gasteiger partial charge in [-0.15, -0.1) is 0 Å². The third-order valence-electron chi connectivity index (χ3n) is 2.06. The van der Waals surface area contributed by atoms with Crippen molar-refractivity contribution in [1.82, 2.24) is 0 Å². The highest BCUT2D eigenvalue weighted by atomic mass is 16.7. The van der Waals surface area contributed by atoms with Gasteiger partial charge in [0.25, 0.3) is 0 Å². The van der Waals surface area contributed by atoms with Gasteiger partial charge < -0.3 is 9.47 Å². The maximum Gasteiger partial charge on any atom is 0.189 e. The first kappa shape index (κ1) is 12.8. The van der Waals surface area contributed by atoms with Crippen molar-refractivity contribution in [3.05, 3.63) is 36.4 Å². The summed E-state index contributed by atoms with van der Waals surface area (Å²) in [5, 5.41) is 0. The van der Waals surface area contributed by atoms with Crippen molar-refractivity contribution in [3.63, 3.8) is 0 Å². The highest BCUT2D eigenvalue weighted by Gasteiger charge is 2.09. The zero-order chi connectivity index (χ0) is 12.2. The van der Waals surface area contributed by atoms with Crippen molar-refractivity contribution < 1.29 is 9.47 Å². The molecule has 0 bridgehead atoms. The van der Waals surface area contributed by atoms with Crippen LogP contribution in [0.3, 0.4) is 0 Å². The Morgan fingerprint density at radius 3 is 2.19 bits per heavy atom. The van der Waals surface area contributed by atoms with E-state index in [0.717, 1.165) is 16.9 Å². The Balaban J connectivity index is 2.47. The summed E-state index contributed by atoms with van der Waals surface area (Å²) in [7, 11) is 0. The molecule has 1 aromatic rings. The molecule has 0 aromatic heterocycles. The minimum Gasteiger partial charge on any atom is -0.468 e. The van der Waals surface area contributed by atoms with Crippen LogP contribution in [0.1, 0.15) is 33.3 Å². The van der Waals surface area contributed by atoms with Gasteiger partial charge in [-0.3, -0.25) is 0 Å². The summed E-state index contributed by atoms with van der Waals surface area (Å²) < 4.78 is 10.9. The van der Waals surface area contributed by atoms with Crippen LogP contribution in [0.4, 0.5) is 0 Å². The van der Waals surface area contributed by atoms with Gasteiger partial charge in [0.05, 0.1) is 5.60 Å². The minimum atomic E-state index is -0.169. The molecule has 0 fully saturated rings. The van der Waals surface area contributed by atoms with Crippen LogP contribution in [0.2, 0.25) is 0 Å². The van der Waals surface area contributed by atoms with Crippen LogP contribution >= 0.6 is 0 Å². The lowest BCUT2D eigenvalue weighted by Crippen LogP contribution is -2.22. The largest absolute Gasteiger partial charge is 0.468 e. The summed E-state index contributed by atoms with van der Waals surface area (Å²) >= 11 is 0. The van der Waals surface area contributed by atoms with Gasteiger partial charge in [-0.1, -0.05) is 24.3 Å². The molecule has 0 aliphatic carbocycles. The maximum atomic E-state index is 5.47. The number of benzene rings is 1. The molecule has 0 amide bonds. The Bertz CT molecular complexity index is 344. The summed E-state index contributed by atoms with van der Waals surface area (Å²) in [6.45, 7) is 12.1. The second-order valence-corrected chi connectivity index (χ2v) is 4.82. The normalized spacial score (nSPS) is 11.2. The van der Waals surface area contributed by atoms with Gasteiger partial charge in [0.15, 0.2) is 6.79 Å². The molecule has 0 aliphatic heterocycles.